The van der Waals surface area contributed by atoms with Crippen molar-refractivity contribution >= 4 is 11.8 Å². The van der Waals surface area contributed by atoms with Crippen LogP contribution in [0, 0.1) is 16.7 Å². The number of benzene rings is 1. The number of nitrogens with one attached hydrogen (secondary N) is 1. The van der Waals surface area contributed by atoms with Crippen molar-refractivity contribution in [3.8, 4) is 6.07 Å². The largest absolute Gasteiger partial charge is 0.347 e. The second kappa shape index (κ2) is 6.89. The monoisotopic (exact) mass is 287 g/mol. The van der Waals surface area contributed by atoms with Gasteiger partial charge in [-0.3, -0.25) is 9.59 Å². The average Bonchev–Trinajstić information content (AvgIpc) is 2.43. The van der Waals surface area contributed by atoms with Gasteiger partial charge >= 0.3 is 0 Å². The van der Waals surface area contributed by atoms with Crippen molar-refractivity contribution in [3.63, 3.8) is 0 Å². The van der Waals surface area contributed by atoms with Gasteiger partial charge in [-0.05, 0) is 17.7 Å². The lowest BCUT2D eigenvalue weighted by Gasteiger charge is -2.21. The summed E-state index contributed by atoms with van der Waals surface area (Å²) in [6, 6.07) is 9.18. The van der Waals surface area contributed by atoms with E-state index in [1.54, 1.807) is 46.0 Å². The van der Waals surface area contributed by atoms with E-state index >= 15 is 0 Å². The zero-order valence-corrected chi connectivity index (χ0v) is 12.9. The Morgan fingerprint density at radius 2 is 2.00 bits per heavy atom. The van der Waals surface area contributed by atoms with E-state index in [4.69, 9.17) is 5.26 Å². The van der Waals surface area contributed by atoms with Crippen LogP contribution in [0.1, 0.15) is 31.9 Å². The van der Waals surface area contributed by atoms with Gasteiger partial charge < -0.3 is 10.2 Å². The third kappa shape index (κ3) is 5.27. The molecule has 0 fully saturated rings. The summed E-state index contributed by atoms with van der Waals surface area (Å²) in [5.41, 5.74) is 0.932. The van der Waals surface area contributed by atoms with Gasteiger partial charge in [-0.2, -0.15) is 5.26 Å². The van der Waals surface area contributed by atoms with Crippen molar-refractivity contribution in [3.05, 3.63) is 35.4 Å². The molecule has 2 amide bonds. The molecule has 0 aromatic heterocycles. The molecule has 0 aliphatic rings. The van der Waals surface area contributed by atoms with Crippen molar-refractivity contribution in [1.29, 1.82) is 5.26 Å². The molecule has 0 aliphatic heterocycles. The Balaban J connectivity index is 2.55. The van der Waals surface area contributed by atoms with Crippen LogP contribution in [-0.4, -0.2) is 30.3 Å². The number of carbonyl (C=O) groups is 2. The molecule has 0 atom stereocenters. The van der Waals surface area contributed by atoms with Crippen LogP contribution in [0.2, 0.25) is 0 Å². The first-order valence-electron chi connectivity index (χ1n) is 6.75. The van der Waals surface area contributed by atoms with Crippen LogP contribution in [0.4, 0.5) is 0 Å². The quantitative estimate of drug-likeness (QED) is 0.915. The van der Waals surface area contributed by atoms with Gasteiger partial charge in [0.25, 0.3) is 0 Å². The second-order valence-electron chi connectivity index (χ2n) is 5.99. The minimum Gasteiger partial charge on any atom is -0.347 e. The molecule has 5 heteroatoms. The molecule has 1 aromatic rings. The van der Waals surface area contributed by atoms with E-state index in [0.29, 0.717) is 12.1 Å². The summed E-state index contributed by atoms with van der Waals surface area (Å²) >= 11 is 0. The van der Waals surface area contributed by atoms with Gasteiger partial charge in [0.05, 0.1) is 18.2 Å². The molecule has 5 nitrogen and oxygen atoms in total. The smallest absolute Gasteiger partial charge is 0.242 e. The predicted octanol–water partition coefficient (Wildman–Crippen LogP) is 1.68. The maximum absolute atomic E-state index is 12.0. The molecule has 0 radical (unpaired) electrons. The molecule has 0 saturated heterocycles. The van der Waals surface area contributed by atoms with Crippen LogP contribution >= 0.6 is 0 Å². The summed E-state index contributed by atoms with van der Waals surface area (Å²) in [6.45, 7) is 5.77. The van der Waals surface area contributed by atoms with Crippen LogP contribution in [-0.2, 0) is 16.1 Å². The topological polar surface area (TPSA) is 73.2 Å². The normalized spacial score (nSPS) is 10.6. The molecular formula is C16H21N3O2. The van der Waals surface area contributed by atoms with E-state index in [-0.39, 0.29) is 18.4 Å². The number of hydrogen-bond donors (Lipinski definition) is 1. The van der Waals surface area contributed by atoms with Gasteiger partial charge in [0.1, 0.15) is 0 Å². The lowest BCUT2D eigenvalue weighted by atomic mass is 9.96. The Hall–Kier alpha value is -2.35. The Morgan fingerprint density at radius 3 is 2.57 bits per heavy atom. The Labute approximate surface area is 125 Å². The fourth-order valence-corrected chi connectivity index (χ4v) is 1.66. The fourth-order valence-electron chi connectivity index (χ4n) is 1.66. The van der Waals surface area contributed by atoms with Gasteiger partial charge in [-0.15, -0.1) is 0 Å². The van der Waals surface area contributed by atoms with Crippen molar-refractivity contribution in [2.24, 2.45) is 5.41 Å². The van der Waals surface area contributed by atoms with Crippen LogP contribution in [0.25, 0.3) is 0 Å². The highest BCUT2D eigenvalue weighted by Crippen LogP contribution is 2.12. The zero-order chi connectivity index (χ0) is 16.0. The molecule has 0 heterocycles. The van der Waals surface area contributed by atoms with Crippen LogP contribution in [0.3, 0.4) is 0 Å². The Bertz CT molecular complexity index is 568. The standard InChI is InChI=1S/C16H21N3O2/c1-16(2,3)15(21)18-10-14(20)19(4)11-13-7-5-6-12(8-13)9-17/h5-8H,10-11H2,1-4H3,(H,18,21). The van der Waals surface area contributed by atoms with Crippen LogP contribution in [0.5, 0.6) is 0 Å². The molecule has 1 aromatic carbocycles. The van der Waals surface area contributed by atoms with Crippen molar-refractivity contribution in [2.45, 2.75) is 27.3 Å². The number of carbonyl (C=O) groups excluding carboxylic acids is 2. The van der Waals surface area contributed by atoms with E-state index in [2.05, 4.69) is 11.4 Å². The predicted molar refractivity (Wildman–Crippen MR) is 80.1 cm³/mol. The van der Waals surface area contributed by atoms with Crippen molar-refractivity contribution in [2.75, 3.05) is 13.6 Å². The average molecular weight is 287 g/mol. The van der Waals surface area contributed by atoms with Gasteiger partial charge in [0, 0.05) is 19.0 Å². The van der Waals surface area contributed by atoms with Gasteiger partial charge in [0.2, 0.25) is 11.8 Å². The molecule has 0 bridgehead atoms. The molecule has 0 unspecified atom stereocenters. The van der Waals surface area contributed by atoms with Gasteiger partial charge in [-0.1, -0.05) is 32.9 Å². The van der Waals surface area contributed by atoms with E-state index in [0.717, 1.165) is 5.56 Å². The summed E-state index contributed by atoms with van der Waals surface area (Å²) < 4.78 is 0. The molecule has 0 saturated carbocycles. The third-order valence-corrected chi connectivity index (χ3v) is 2.98. The summed E-state index contributed by atoms with van der Waals surface area (Å²) in [7, 11) is 1.67. The molecule has 112 valence electrons. The first-order chi connectivity index (χ1) is 9.74. The third-order valence-electron chi connectivity index (χ3n) is 2.98. The van der Waals surface area contributed by atoms with Crippen LogP contribution in [0.15, 0.2) is 24.3 Å². The summed E-state index contributed by atoms with van der Waals surface area (Å²) in [6.07, 6.45) is 0. The number of hydrogen-bond acceptors (Lipinski definition) is 3. The Morgan fingerprint density at radius 1 is 1.33 bits per heavy atom. The molecule has 1 rings (SSSR count). The maximum atomic E-state index is 12.0. The number of nitriles is 1. The SMILES string of the molecule is CN(Cc1cccc(C#N)c1)C(=O)CNC(=O)C(C)(C)C. The maximum Gasteiger partial charge on any atom is 0.242 e. The lowest BCUT2D eigenvalue weighted by Crippen LogP contribution is -2.42. The highest BCUT2D eigenvalue weighted by molar-refractivity contribution is 5.87. The van der Waals surface area contributed by atoms with E-state index in [9.17, 15) is 9.59 Å². The minimum absolute atomic E-state index is 0.0233. The highest BCUT2D eigenvalue weighted by atomic mass is 16.2. The van der Waals surface area contributed by atoms with Gasteiger partial charge in [-0.25, -0.2) is 0 Å². The molecule has 0 aliphatic carbocycles. The summed E-state index contributed by atoms with van der Waals surface area (Å²) in [5.74, 6) is -0.328. The molecule has 1 N–H and O–H groups in total. The first kappa shape index (κ1) is 16.7. The number of likely N-dealkylation sites (N-methyl/N-ethyl adjacent to an activating group) is 1. The minimum atomic E-state index is -0.514. The summed E-state index contributed by atoms with van der Waals surface area (Å²) in [4.78, 5) is 25.2. The fraction of sp³-hybridized carbons (Fsp3) is 0.438. The molecule has 21 heavy (non-hydrogen) atoms. The molecular weight excluding hydrogens is 266 g/mol. The summed E-state index contributed by atoms with van der Waals surface area (Å²) in [5, 5.41) is 11.5. The highest BCUT2D eigenvalue weighted by Gasteiger charge is 2.22. The number of rotatable bonds is 4. The van der Waals surface area contributed by atoms with E-state index in [1.807, 2.05) is 6.07 Å². The zero-order valence-electron chi connectivity index (χ0n) is 12.9. The lowest BCUT2D eigenvalue weighted by molar-refractivity contribution is -0.134. The number of amides is 2. The van der Waals surface area contributed by atoms with E-state index < -0.39 is 5.41 Å². The van der Waals surface area contributed by atoms with Crippen molar-refractivity contribution < 1.29 is 9.59 Å². The van der Waals surface area contributed by atoms with Gasteiger partial charge in [0.15, 0.2) is 0 Å². The second-order valence-corrected chi connectivity index (χ2v) is 5.99. The molecule has 0 spiro atoms. The van der Waals surface area contributed by atoms with Crippen molar-refractivity contribution in [1.82, 2.24) is 10.2 Å². The number of nitrogens with zero attached hydrogens (tertiary/aromatic N) is 2. The van der Waals surface area contributed by atoms with E-state index in [1.165, 1.54) is 4.90 Å². The van der Waals surface area contributed by atoms with Crippen LogP contribution < -0.4 is 5.32 Å². The Kier molecular flexibility index (Phi) is 5.48. The first-order valence-corrected chi connectivity index (χ1v) is 6.75.